The summed E-state index contributed by atoms with van der Waals surface area (Å²) in [5.74, 6) is -1.84. The van der Waals surface area contributed by atoms with Crippen LogP contribution in [0.15, 0.2) is 42.5 Å². The van der Waals surface area contributed by atoms with Crippen molar-refractivity contribution >= 4 is 12.0 Å². The van der Waals surface area contributed by atoms with Crippen LogP contribution in [0.1, 0.15) is 44.2 Å². The van der Waals surface area contributed by atoms with Crippen LogP contribution in [-0.2, 0) is 27.2 Å². The molecule has 2 N–H and O–H groups in total. The Morgan fingerprint density at radius 1 is 1.00 bits per heavy atom. The van der Waals surface area contributed by atoms with Gasteiger partial charge in [-0.25, -0.2) is 18.4 Å². The molecule has 0 aromatic heterocycles. The van der Waals surface area contributed by atoms with E-state index in [-0.39, 0.29) is 31.7 Å². The molecule has 210 valence electrons. The summed E-state index contributed by atoms with van der Waals surface area (Å²) in [6.07, 6.45) is 2.44. The molecule has 0 saturated heterocycles. The molecule has 1 unspecified atom stereocenters. The second-order valence-corrected chi connectivity index (χ2v) is 8.68. The number of ether oxygens (including phenoxy) is 3. The van der Waals surface area contributed by atoms with Crippen LogP contribution in [0.2, 0.25) is 0 Å². The van der Waals surface area contributed by atoms with Crippen molar-refractivity contribution in [3.8, 4) is 5.75 Å². The van der Waals surface area contributed by atoms with Gasteiger partial charge in [0, 0.05) is 44.4 Å². The summed E-state index contributed by atoms with van der Waals surface area (Å²) < 4.78 is 43.8. The number of nitrogens with zero attached hydrogens (tertiary/aromatic N) is 1. The van der Waals surface area contributed by atoms with Crippen molar-refractivity contribution in [2.24, 2.45) is 0 Å². The van der Waals surface area contributed by atoms with E-state index in [1.807, 2.05) is 0 Å². The highest BCUT2D eigenvalue weighted by Crippen LogP contribution is 2.15. The Labute approximate surface area is 222 Å². The normalized spacial score (nSPS) is 11.7. The van der Waals surface area contributed by atoms with Gasteiger partial charge in [0.25, 0.3) is 0 Å². The summed E-state index contributed by atoms with van der Waals surface area (Å²) in [7, 11) is 0. The van der Waals surface area contributed by atoms with Crippen LogP contribution in [-0.4, -0.2) is 67.6 Å². The van der Waals surface area contributed by atoms with E-state index in [9.17, 15) is 23.5 Å². The standard InChI is InChI=1S/C28H38F2N2O6/c1-3-5-6-15-36-16-13-32(28(35)31-20-22-9-10-23(29)19-25(22)30)14-17-38-24-11-7-21(8-12-24)18-26(27(33)34)37-4-2/h7-12,19,26H,3-6,13-18,20H2,1-2H3,(H,31,35)(H,33,34). The van der Waals surface area contributed by atoms with E-state index < -0.39 is 29.7 Å². The van der Waals surface area contributed by atoms with Gasteiger partial charge in [-0.1, -0.05) is 38.0 Å². The zero-order valence-electron chi connectivity index (χ0n) is 22.1. The van der Waals surface area contributed by atoms with Crippen molar-refractivity contribution in [1.82, 2.24) is 10.2 Å². The molecule has 0 saturated carbocycles. The van der Waals surface area contributed by atoms with Gasteiger partial charge in [0.05, 0.1) is 13.2 Å². The Morgan fingerprint density at radius 3 is 2.39 bits per heavy atom. The van der Waals surface area contributed by atoms with Crippen LogP contribution < -0.4 is 10.1 Å². The van der Waals surface area contributed by atoms with Crippen molar-refractivity contribution in [2.75, 3.05) is 39.5 Å². The molecule has 1 atom stereocenters. The highest BCUT2D eigenvalue weighted by molar-refractivity contribution is 5.74. The highest BCUT2D eigenvalue weighted by atomic mass is 19.1. The van der Waals surface area contributed by atoms with E-state index in [4.69, 9.17) is 14.2 Å². The Bertz CT molecular complexity index is 990. The molecule has 0 heterocycles. The Kier molecular flexibility index (Phi) is 14.1. The molecule has 0 spiro atoms. The van der Waals surface area contributed by atoms with E-state index in [1.165, 1.54) is 11.0 Å². The fourth-order valence-corrected chi connectivity index (χ4v) is 3.62. The van der Waals surface area contributed by atoms with E-state index >= 15 is 0 Å². The summed E-state index contributed by atoms with van der Waals surface area (Å²) >= 11 is 0. The molecule has 0 aliphatic rings. The third-order valence-corrected chi connectivity index (χ3v) is 5.75. The van der Waals surface area contributed by atoms with Crippen molar-refractivity contribution in [1.29, 1.82) is 0 Å². The number of amides is 2. The van der Waals surface area contributed by atoms with Gasteiger partial charge in [-0.2, -0.15) is 0 Å². The summed E-state index contributed by atoms with van der Waals surface area (Å²) in [5, 5.41) is 11.9. The van der Waals surface area contributed by atoms with Gasteiger partial charge in [0.1, 0.15) is 24.0 Å². The van der Waals surface area contributed by atoms with Crippen molar-refractivity contribution < 1.29 is 37.7 Å². The number of unbranched alkanes of at least 4 members (excludes halogenated alkanes) is 2. The lowest BCUT2D eigenvalue weighted by atomic mass is 10.1. The predicted octanol–water partition coefficient (Wildman–Crippen LogP) is 4.79. The van der Waals surface area contributed by atoms with Gasteiger partial charge in [0.2, 0.25) is 0 Å². The molecular formula is C28H38F2N2O6. The van der Waals surface area contributed by atoms with Gasteiger partial charge < -0.3 is 29.5 Å². The minimum atomic E-state index is -1.01. The number of hydrogen-bond donors (Lipinski definition) is 2. The van der Waals surface area contributed by atoms with E-state index in [2.05, 4.69) is 12.2 Å². The molecule has 0 radical (unpaired) electrons. The van der Waals surface area contributed by atoms with Crippen LogP contribution >= 0.6 is 0 Å². The molecule has 2 rings (SSSR count). The first-order chi connectivity index (χ1) is 18.3. The third-order valence-electron chi connectivity index (χ3n) is 5.75. The number of hydrogen-bond acceptors (Lipinski definition) is 5. The fourth-order valence-electron chi connectivity index (χ4n) is 3.62. The van der Waals surface area contributed by atoms with E-state index in [0.717, 1.165) is 37.0 Å². The number of halogens is 2. The Balaban J connectivity index is 1.89. The van der Waals surface area contributed by atoms with E-state index in [0.29, 0.717) is 32.1 Å². The molecule has 2 aromatic carbocycles. The second-order valence-electron chi connectivity index (χ2n) is 8.68. The van der Waals surface area contributed by atoms with Crippen molar-refractivity contribution in [3.05, 3.63) is 65.2 Å². The smallest absolute Gasteiger partial charge is 0.333 e. The molecule has 0 aliphatic carbocycles. The van der Waals surface area contributed by atoms with Gasteiger partial charge in [0.15, 0.2) is 6.10 Å². The summed E-state index contributed by atoms with van der Waals surface area (Å²) in [6.45, 7) is 5.81. The molecule has 2 amide bonds. The molecular weight excluding hydrogens is 498 g/mol. The number of carbonyl (C=O) groups is 2. The van der Waals surface area contributed by atoms with Gasteiger partial charge in [-0.15, -0.1) is 0 Å². The number of benzene rings is 2. The number of carboxylic acids is 1. The number of rotatable bonds is 18. The van der Waals surface area contributed by atoms with Crippen LogP contribution in [0, 0.1) is 11.6 Å². The maximum Gasteiger partial charge on any atom is 0.333 e. The van der Waals surface area contributed by atoms with Crippen LogP contribution in [0.25, 0.3) is 0 Å². The molecule has 0 fully saturated rings. The second kappa shape index (κ2) is 17.3. The monoisotopic (exact) mass is 536 g/mol. The number of urea groups is 1. The first-order valence-electron chi connectivity index (χ1n) is 12.9. The first-order valence-corrected chi connectivity index (χ1v) is 12.9. The molecule has 0 bridgehead atoms. The lowest BCUT2D eigenvalue weighted by Gasteiger charge is -2.23. The lowest BCUT2D eigenvalue weighted by Crippen LogP contribution is -2.43. The maximum absolute atomic E-state index is 13.9. The van der Waals surface area contributed by atoms with Crippen molar-refractivity contribution in [3.63, 3.8) is 0 Å². The predicted molar refractivity (Wildman–Crippen MR) is 139 cm³/mol. The highest BCUT2D eigenvalue weighted by Gasteiger charge is 2.18. The van der Waals surface area contributed by atoms with Gasteiger partial charge >= 0.3 is 12.0 Å². The topological polar surface area (TPSA) is 97.3 Å². The number of aliphatic carboxylic acids is 1. The maximum atomic E-state index is 13.9. The van der Waals surface area contributed by atoms with Crippen LogP contribution in [0.3, 0.4) is 0 Å². The average molecular weight is 537 g/mol. The Hall–Kier alpha value is -3.24. The SMILES string of the molecule is CCCCCOCCN(CCOc1ccc(CC(OCC)C(=O)O)cc1)C(=O)NCc1ccc(F)cc1F. The molecule has 38 heavy (non-hydrogen) atoms. The number of carbonyl (C=O) groups excluding carboxylic acids is 1. The average Bonchev–Trinajstić information content (AvgIpc) is 2.89. The summed E-state index contributed by atoms with van der Waals surface area (Å²) in [5.41, 5.74) is 0.980. The number of nitrogens with one attached hydrogen (secondary N) is 1. The summed E-state index contributed by atoms with van der Waals surface area (Å²) in [6, 6.07) is 9.82. The first kappa shape index (κ1) is 31.0. The van der Waals surface area contributed by atoms with Crippen LogP contribution in [0.4, 0.5) is 13.6 Å². The van der Waals surface area contributed by atoms with Crippen LogP contribution in [0.5, 0.6) is 5.75 Å². The molecule has 10 heteroatoms. The summed E-state index contributed by atoms with van der Waals surface area (Å²) in [4.78, 5) is 25.6. The molecule has 8 nitrogen and oxygen atoms in total. The third kappa shape index (κ3) is 11.4. The van der Waals surface area contributed by atoms with Crippen molar-refractivity contribution in [2.45, 2.75) is 52.2 Å². The fraction of sp³-hybridized carbons (Fsp3) is 0.500. The zero-order chi connectivity index (χ0) is 27.8. The molecule has 2 aromatic rings. The lowest BCUT2D eigenvalue weighted by molar-refractivity contribution is -0.149. The zero-order valence-corrected chi connectivity index (χ0v) is 22.1. The van der Waals surface area contributed by atoms with E-state index in [1.54, 1.807) is 31.2 Å². The Morgan fingerprint density at radius 2 is 1.74 bits per heavy atom. The molecule has 0 aliphatic heterocycles. The number of carboxylic acid groups (broad SMARTS) is 1. The largest absolute Gasteiger partial charge is 0.492 e. The van der Waals surface area contributed by atoms with Gasteiger partial charge in [-0.05, 0) is 37.1 Å². The minimum Gasteiger partial charge on any atom is -0.492 e. The van der Waals surface area contributed by atoms with Gasteiger partial charge in [-0.3, -0.25) is 0 Å². The quantitative estimate of drug-likeness (QED) is 0.266. The minimum absolute atomic E-state index is 0.0831.